The fourth-order valence-corrected chi connectivity index (χ4v) is 3.98. The number of hydrogen-bond donors (Lipinski definition) is 3. The number of fused-ring (bicyclic) bond motifs is 1. The molecule has 6 heteroatoms. The molecule has 0 aliphatic rings. The van der Waals surface area contributed by atoms with E-state index in [0.29, 0.717) is 11.2 Å². The molecule has 0 spiro atoms. The highest BCUT2D eigenvalue weighted by molar-refractivity contribution is 7.08. The van der Waals surface area contributed by atoms with Crippen LogP contribution in [-0.2, 0) is 0 Å². The van der Waals surface area contributed by atoms with Gasteiger partial charge >= 0.3 is 0 Å². The lowest BCUT2D eigenvalue weighted by molar-refractivity contribution is 0.102. The van der Waals surface area contributed by atoms with Gasteiger partial charge in [0, 0.05) is 45.3 Å². The Hall–Kier alpha value is -3.90. The van der Waals surface area contributed by atoms with Crippen LogP contribution in [0.2, 0.25) is 0 Å². The van der Waals surface area contributed by atoms with E-state index in [0.717, 1.165) is 33.7 Å². The van der Waals surface area contributed by atoms with E-state index >= 15 is 0 Å². The van der Waals surface area contributed by atoms with Crippen LogP contribution >= 0.6 is 11.3 Å². The van der Waals surface area contributed by atoms with Gasteiger partial charge in [0.1, 0.15) is 5.65 Å². The topological polar surface area (TPSA) is 69.8 Å². The average Bonchev–Trinajstić information content (AvgIpc) is 3.45. The van der Waals surface area contributed by atoms with Gasteiger partial charge in [0.15, 0.2) is 0 Å². The van der Waals surface area contributed by atoms with E-state index in [1.807, 2.05) is 72.1 Å². The Morgan fingerprint density at radius 3 is 2.43 bits per heavy atom. The fourth-order valence-electron chi connectivity index (χ4n) is 3.32. The Bertz CT molecular complexity index is 1290. The van der Waals surface area contributed by atoms with Gasteiger partial charge in [-0.15, -0.1) is 0 Å². The van der Waals surface area contributed by atoms with Crippen LogP contribution < -0.4 is 10.6 Å². The third-order valence-corrected chi connectivity index (χ3v) is 5.50. The van der Waals surface area contributed by atoms with Crippen molar-refractivity contribution in [3.63, 3.8) is 0 Å². The van der Waals surface area contributed by atoms with Crippen molar-refractivity contribution < 1.29 is 4.79 Å². The third-order valence-electron chi connectivity index (χ3n) is 4.81. The minimum atomic E-state index is -0.165. The molecule has 5 rings (SSSR count). The van der Waals surface area contributed by atoms with Crippen LogP contribution in [0, 0.1) is 0 Å². The number of benzene rings is 2. The van der Waals surface area contributed by atoms with E-state index in [1.165, 1.54) is 0 Å². The van der Waals surface area contributed by atoms with Crippen LogP contribution in [0.5, 0.6) is 0 Å². The molecule has 0 radical (unpaired) electrons. The largest absolute Gasteiger partial charge is 0.356 e. The van der Waals surface area contributed by atoms with E-state index in [-0.39, 0.29) is 5.91 Å². The second kappa shape index (κ2) is 7.85. The van der Waals surface area contributed by atoms with Gasteiger partial charge in [-0.05, 0) is 60.0 Å². The number of anilines is 3. The molecule has 146 valence electrons. The zero-order chi connectivity index (χ0) is 20.3. The van der Waals surface area contributed by atoms with Crippen LogP contribution in [0.15, 0.2) is 89.8 Å². The lowest BCUT2D eigenvalue weighted by Gasteiger charge is -2.09. The summed E-state index contributed by atoms with van der Waals surface area (Å²) in [5.41, 5.74) is 6.03. The van der Waals surface area contributed by atoms with Crippen molar-refractivity contribution in [3.05, 3.63) is 95.3 Å². The molecule has 1 amide bonds. The molecule has 3 aromatic heterocycles. The summed E-state index contributed by atoms with van der Waals surface area (Å²) in [7, 11) is 0. The van der Waals surface area contributed by atoms with Gasteiger partial charge < -0.3 is 15.6 Å². The quantitative estimate of drug-likeness (QED) is 0.319. The first kappa shape index (κ1) is 18.1. The molecular formula is C24H18N4OS. The number of carbonyl (C=O) groups excluding carboxylic acids is 1. The van der Waals surface area contributed by atoms with E-state index < -0.39 is 0 Å². The maximum absolute atomic E-state index is 12.9. The average molecular weight is 411 g/mol. The van der Waals surface area contributed by atoms with Crippen LogP contribution in [0.3, 0.4) is 0 Å². The van der Waals surface area contributed by atoms with Gasteiger partial charge in [0.05, 0.1) is 5.56 Å². The van der Waals surface area contributed by atoms with Gasteiger partial charge in [0.25, 0.3) is 5.91 Å². The molecule has 5 aromatic rings. The normalized spacial score (nSPS) is 10.8. The van der Waals surface area contributed by atoms with E-state index in [2.05, 4.69) is 26.0 Å². The monoisotopic (exact) mass is 410 g/mol. The summed E-state index contributed by atoms with van der Waals surface area (Å²) in [4.78, 5) is 20.6. The number of carbonyl (C=O) groups is 1. The second-order valence-electron chi connectivity index (χ2n) is 6.84. The standard InChI is InChI=1S/C24H18N4OS/c29-24(27-19-8-6-18(7-9-19)26-17-4-2-1-3-5-17)20-10-12-25-23-21(20)14-22(28-23)16-11-13-30-15-16/h1-15,26H,(H,25,28)(H,27,29). The molecule has 0 aliphatic heterocycles. The van der Waals surface area contributed by atoms with Gasteiger partial charge in [-0.3, -0.25) is 4.79 Å². The van der Waals surface area contributed by atoms with E-state index in [9.17, 15) is 4.79 Å². The number of pyridine rings is 1. The van der Waals surface area contributed by atoms with Gasteiger partial charge in [-0.1, -0.05) is 18.2 Å². The van der Waals surface area contributed by atoms with Gasteiger partial charge in [0.2, 0.25) is 0 Å². The summed E-state index contributed by atoms with van der Waals surface area (Å²) >= 11 is 1.63. The fraction of sp³-hybridized carbons (Fsp3) is 0. The number of rotatable bonds is 5. The first-order chi connectivity index (χ1) is 14.8. The number of amides is 1. The smallest absolute Gasteiger partial charge is 0.256 e. The zero-order valence-electron chi connectivity index (χ0n) is 15.9. The third kappa shape index (κ3) is 3.68. The molecule has 0 aliphatic carbocycles. The summed E-state index contributed by atoms with van der Waals surface area (Å²) in [5, 5.41) is 11.2. The summed E-state index contributed by atoms with van der Waals surface area (Å²) in [5.74, 6) is -0.165. The summed E-state index contributed by atoms with van der Waals surface area (Å²) in [6.45, 7) is 0. The maximum atomic E-state index is 12.9. The number of aromatic amines is 1. The Morgan fingerprint density at radius 1 is 0.900 bits per heavy atom. The van der Waals surface area contributed by atoms with Crippen molar-refractivity contribution in [3.8, 4) is 11.3 Å². The predicted molar refractivity (Wildman–Crippen MR) is 124 cm³/mol. The van der Waals surface area contributed by atoms with Crippen LogP contribution in [0.25, 0.3) is 22.3 Å². The number of hydrogen-bond acceptors (Lipinski definition) is 4. The number of nitrogens with one attached hydrogen (secondary N) is 3. The lowest BCUT2D eigenvalue weighted by atomic mass is 10.1. The van der Waals surface area contributed by atoms with Crippen molar-refractivity contribution in [1.29, 1.82) is 0 Å². The van der Waals surface area contributed by atoms with Crippen molar-refractivity contribution in [2.24, 2.45) is 0 Å². The first-order valence-electron chi connectivity index (χ1n) is 9.50. The minimum absolute atomic E-state index is 0.165. The van der Waals surface area contributed by atoms with Gasteiger partial charge in [-0.2, -0.15) is 11.3 Å². The number of para-hydroxylation sites is 1. The Kier molecular flexibility index (Phi) is 4.75. The molecule has 0 unspecified atom stereocenters. The Morgan fingerprint density at radius 2 is 1.67 bits per heavy atom. The summed E-state index contributed by atoms with van der Waals surface area (Å²) < 4.78 is 0. The van der Waals surface area contributed by atoms with Crippen molar-refractivity contribution >= 4 is 45.3 Å². The molecule has 0 saturated carbocycles. The molecular weight excluding hydrogens is 392 g/mol. The van der Waals surface area contributed by atoms with Crippen LogP contribution in [0.1, 0.15) is 10.4 Å². The highest BCUT2D eigenvalue weighted by Gasteiger charge is 2.14. The second-order valence-corrected chi connectivity index (χ2v) is 7.62. The Balaban J connectivity index is 1.35. The molecule has 0 saturated heterocycles. The van der Waals surface area contributed by atoms with Crippen molar-refractivity contribution in [1.82, 2.24) is 9.97 Å². The van der Waals surface area contributed by atoms with E-state index in [1.54, 1.807) is 23.6 Å². The molecule has 0 fully saturated rings. The molecule has 3 heterocycles. The number of thiophene rings is 1. The number of nitrogens with zero attached hydrogens (tertiary/aromatic N) is 1. The van der Waals surface area contributed by atoms with Crippen molar-refractivity contribution in [2.45, 2.75) is 0 Å². The highest BCUT2D eigenvalue weighted by atomic mass is 32.1. The lowest BCUT2D eigenvalue weighted by Crippen LogP contribution is -2.12. The number of H-pyrrole nitrogens is 1. The highest BCUT2D eigenvalue weighted by Crippen LogP contribution is 2.27. The molecule has 5 nitrogen and oxygen atoms in total. The molecule has 2 aromatic carbocycles. The van der Waals surface area contributed by atoms with Crippen LogP contribution in [-0.4, -0.2) is 15.9 Å². The molecule has 3 N–H and O–H groups in total. The first-order valence-corrected chi connectivity index (χ1v) is 10.4. The molecule has 0 bridgehead atoms. The Labute approximate surface area is 177 Å². The van der Waals surface area contributed by atoms with Gasteiger partial charge in [-0.25, -0.2) is 4.98 Å². The predicted octanol–water partition coefficient (Wildman–Crippen LogP) is 6.29. The van der Waals surface area contributed by atoms with Crippen molar-refractivity contribution in [2.75, 3.05) is 10.6 Å². The summed E-state index contributed by atoms with van der Waals surface area (Å²) in [6.07, 6.45) is 1.65. The SMILES string of the molecule is O=C(Nc1ccc(Nc2ccccc2)cc1)c1ccnc2[nH]c(-c3ccsc3)cc12. The molecule has 30 heavy (non-hydrogen) atoms. The summed E-state index contributed by atoms with van der Waals surface area (Å²) in [6, 6.07) is 23.4. The molecule has 0 atom stereocenters. The zero-order valence-corrected chi connectivity index (χ0v) is 16.7. The minimum Gasteiger partial charge on any atom is -0.356 e. The number of aromatic nitrogens is 2. The van der Waals surface area contributed by atoms with E-state index in [4.69, 9.17) is 0 Å². The maximum Gasteiger partial charge on any atom is 0.256 e. The van der Waals surface area contributed by atoms with Crippen LogP contribution in [0.4, 0.5) is 17.1 Å².